The Morgan fingerprint density at radius 3 is 2.82 bits per heavy atom. The minimum absolute atomic E-state index is 0.0244. The van der Waals surface area contributed by atoms with Gasteiger partial charge in [0.25, 0.3) is 5.69 Å². The van der Waals surface area contributed by atoms with E-state index in [4.69, 9.17) is 10.9 Å². The van der Waals surface area contributed by atoms with Crippen molar-refractivity contribution in [2.45, 2.75) is 6.54 Å². The second-order valence-corrected chi connectivity index (χ2v) is 3.70. The summed E-state index contributed by atoms with van der Waals surface area (Å²) in [6.45, 7) is 1.01. The summed E-state index contributed by atoms with van der Waals surface area (Å²) in [5.74, 6) is 5.34. The first-order chi connectivity index (χ1) is 8.08. The van der Waals surface area contributed by atoms with E-state index in [-0.39, 0.29) is 12.3 Å². The summed E-state index contributed by atoms with van der Waals surface area (Å²) in [6.07, 6.45) is 0. The Kier molecular flexibility index (Phi) is 4.83. The molecule has 0 aliphatic carbocycles. The highest BCUT2D eigenvalue weighted by molar-refractivity contribution is 5.55. The average molecular weight is 240 g/mol. The van der Waals surface area contributed by atoms with Crippen LogP contribution in [0.25, 0.3) is 0 Å². The van der Waals surface area contributed by atoms with Gasteiger partial charge in [0.2, 0.25) is 0 Å². The second kappa shape index (κ2) is 6.14. The normalized spacial score (nSPS) is 10.6. The molecule has 0 aliphatic rings. The van der Waals surface area contributed by atoms with E-state index in [9.17, 15) is 10.1 Å². The van der Waals surface area contributed by atoms with Crippen LogP contribution in [0.5, 0.6) is 0 Å². The maximum absolute atomic E-state index is 10.7. The quantitative estimate of drug-likeness (QED) is 0.375. The molecule has 0 fully saturated rings. The highest BCUT2D eigenvalue weighted by Gasteiger charge is 2.11. The number of aliphatic hydroxyl groups is 1. The van der Waals surface area contributed by atoms with E-state index in [0.717, 1.165) is 5.56 Å². The predicted molar refractivity (Wildman–Crippen MR) is 64.3 cm³/mol. The standard InChI is InChI=1S/C10H16N4O3/c1-13(4-5-15)7-8-6-9(14(16)17)2-3-10(8)12-11/h2-3,6,12,15H,4-5,7,11H2,1H3. The van der Waals surface area contributed by atoms with Crippen molar-refractivity contribution in [1.82, 2.24) is 4.90 Å². The number of nitrogen functional groups attached to an aromatic ring is 1. The van der Waals surface area contributed by atoms with E-state index in [0.29, 0.717) is 18.8 Å². The highest BCUT2D eigenvalue weighted by Crippen LogP contribution is 2.22. The molecule has 0 bridgehead atoms. The molecule has 0 unspecified atom stereocenters. The molecule has 7 heteroatoms. The molecule has 0 aliphatic heterocycles. The third-order valence-corrected chi connectivity index (χ3v) is 2.38. The Morgan fingerprint density at radius 2 is 2.29 bits per heavy atom. The molecule has 0 saturated heterocycles. The number of nitro groups is 1. The Labute approximate surface area is 99.0 Å². The van der Waals surface area contributed by atoms with Crippen molar-refractivity contribution >= 4 is 11.4 Å². The summed E-state index contributed by atoms with van der Waals surface area (Å²) >= 11 is 0. The van der Waals surface area contributed by atoms with Crippen molar-refractivity contribution in [1.29, 1.82) is 0 Å². The summed E-state index contributed by atoms with van der Waals surface area (Å²) < 4.78 is 0. The fourth-order valence-corrected chi connectivity index (χ4v) is 1.51. The van der Waals surface area contributed by atoms with Crippen molar-refractivity contribution < 1.29 is 10.0 Å². The van der Waals surface area contributed by atoms with Crippen LogP contribution in [0.4, 0.5) is 11.4 Å². The molecule has 0 atom stereocenters. The third-order valence-electron chi connectivity index (χ3n) is 2.38. The van der Waals surface area contributed by atoms with E-state index >= 15 is 0 Å². The number of nitro benzene ring substituents is 1. The largest absolute Gasteiger partial charge is 0.395 e. The van der Waals surface area contributed by atoms with Gasteiger partial charge in [-0.2, -0.15) is 0 Å². The zero-order valence-electron chi connectivity index (χ0n) is 9.59. The van der Waals surface area contributed by atoms with Crippen LogP contribution in [0.1, 0.15) is 5.56 Å². The molecule has 17 heavy (non-hydrogen) atoms. The molecule has 0 heterocycles. The monoisotopic (exact) mass is 240 g/mol. The van der Waals surface area contributed by atoms with Gasteiger partial charge in [-0.3, -0.25) is 20.9 Å². The molecule has 1 aromatic rings. The summed E-state index contributed by atoms with van der Waals surface area (Å²) in [7, 11) is 1.81. The zero-order valence-corrected chi connectivity index (χ0v) is 9.59. The Morgan fingerprint density at radius 1 is 1.59 bits per heavy atom. The van der Waals surface area contributed by atoms with Gasteiger partial charge in [0.05, 0.1) is 17.2 Å². The Bertz CT molecular complexity index is 397. The van der Waals surface area contributed by atoms with E-state index in [1.807, 2.05) is 11.9 Å². The van der Waals surface area contributed by atoms with Gasteiger partial charge in [-0.25, -0.2) is 0 Å². The van der Waals surface area contributed by atoms with Gasteiger partial charge >= 0.3 is 0 Å². The van der Waals surface area contributed by atoms with Gasteiger partial charge < -0.3 is 10.5 Å². The number of nitrogens with one attached hydrogen (secondary N) is 1. The summed E-state index contributed by atoms with van der Waals surface area (Å²) in [4.78, 5) is 12.1. The number of non-ortho nitro benzene ring substituents is 1. The van der Waals surface area contributed by atoms with Crippen molar-refractivity contribution in [3.63, 3.8) is 0 Å². The van der Waals surface area contributed by atoms with Gasteiger partial charge in [-0.1, -0.05) is 0 Å². The lowest BCUT2D eigenvalue weighted by molar-refractivity contribution is -0.384. The molecule has 1 aromatic carbocycles. The zero-order chi connectivity index (χ0) is 12.8. The van der Waals surface area contributed by atoms with Gasteiger partial charge in [-0.05, 0) is 18.7 Å². The van der Waals surface area contributed by atoms with E-state index in [2.05, 4.69) is 5.43 Å². The lowest BCUT2D eigenvalue weighted by Gasteiger charge is -2.17. The van der Waals surface area contributed by atoms with Crippen LogP contribution >= 0.6 is 0 Å². The van der Waals surface area contributed by atoms with Crippen molar-refractivity contribution in [2.75, 3.05) is 25.6 Å². The smallest absolute Gasteiger partial charge is 0.269 e. The van der Waals surface area contributed by atoms with Crippen LogP contribution in [0.2, 0.25) is 0 Å². The number of hydrazine groups is 1. The maximum atomic E-state index is 10.7. The van der Waals surface area contributed by atoms with Crippen molar-refractivity contribution in [3.8, 4) is 0 Å². The SMILES string of the molecule is CN(CCO)Cc1cc([N+](=O)[O-])ccc1NN. The highest BCUT2D eigenvalue weighted by atomic mass is 16.6. The number of hydrogen-bond donors (Lipinski definition) is 3. The van der Waals surface area contributed by atoms with Crippen LogP contribution in [0.3, 0.4) is 0 Å². The molecule has 0 aromatic heterocycles. The molecular weight excluding hydrogens is 224 g/mol. The molecule has 4 N–H and O–H groups in total. The number of nitrogens with two attached hydrogens (primary N) is 1. The van der Waals surface area contributed by atoms with Gasteiger partial charge in [0.15, 0.2) is 0 Å². The van der Waals surface area contributed by atoms with Gasteiger partial charge in [-0.15, -0.1) is 0 Å². The molecule has 94 valence electrons. The van der Waals surface area contributed by atoms with Crippen LogP contribution in [-0.4, -0.2) is 35.1 Å². The molecular formula is C10H16N4O3. The summed E-state index contributed by atoms with van der Waals surface area (Å²) in [6, 6.07) is 4.44. The number of benzene rings is 1. The topological polar surface area (TPSA) is 105 Å². The number of hydrogen-bond acceptors (Lipinski definition) is 6. The first-order valence-electron chi connectivity index (χ1n) is 5.11. The molecule has 0 saturated carbocycles. The van der Waals surface area contributed by atoms with Crippen molar-refractivity contribution in [3.05, 3.63) is 33.9 Å². The Hall–Kier alpha value is -1.70. The molecule has 0 amide bonds. The minimum Gasteiger partial charge on any atom is -0.395 e. The lowest BCUT2D eigenvalue weighted by atomic mass is 10.1. The second-order valence-electron chi connectivity index (χ2n) is 3.70. The fourth-order valence-electron chi connectivity index (χ4n) is 1.51. The predicted octanol–water partition coefficient (Wildman–Crippen LogP) is 0.304. The van der Waals surface area contributed by atoms with E-state index in [1.165, 1.54) is 12.1 Å². The lowest BCUT2D eigenvalue weighted by Crippen LogP contribution is -2.22. The van der Waals surface area contributed by atoms with Crippen molar-refractivity contribution in [2.24, 2.45) is 5.84 Å². The summed E-state index contributed by atoms with van der Waals surface area (Å²) in [5, 5.41) is 19.5. The Balaban J connectivity index is 2.93. The van der Waals surface area contributed by atoms with Gasteiger partial charge in [0.1, 0.15) is 0 Å². The number of likely N-dealkylation sites (N-methyl/N-ethyl adjacent to an activating group) is 1. The maximum Gasteiger partial charge on any atom is 0.269 e. The first kappa shape index (κ1) is 13.4. The number of aliphatic hydroxyl groups excluding tert-OH is 1. The number of rotatable bonds is 6. The van der Waals surface area contributed by atoms with E-state index in [1.54, 1.807) is 6.07 Å². The van der Waals surface area contributed by atoms with Crippen LogP contribution in [-0.2, 0) is 6.54 Å². The fraction of sp³-hybridized carbons (Fsp3) is 0.400. The number of nitrogens with zero attached hydrogens (tertiary/aromatic N) is 2. The molecule has 7 nitrogen and oxygen atoms in total. The van der Waals surface area contributed by atoms with E-state index < -0.39 is 4.92 Å². The molecule has 1 rings (SSSR count). The molecule has 0 radical (unpaired) electrons. The average Bonchev–Trinajstić information content (AvgIpc) is 2.29. The summed E-state index contributed by atoms with van der Waals surface area (Å²) in [5.41, 5.74) is 3.88. The van der Waals surface area contributed by atoms with Gasteiger partial charge in [0, 0.05) is 25.2 Å². The minimum atomic E-state index is -0.449. The van der Waals surface area contributed by atoms with Crippen LogP contribution in [0, 0.1) is 10.1 Å². The van der Waals surface area contributed by atoms with Crippen LogP contribution < -0.4 is 11.3 Å². The number of anilines is 1. The third kappa shape index (κ3) is 3.66. The van der Waals surface area contributed by atoms with Crippen LogP contribution in [0.15, 0.2) is 18.2 Å². The first-order valence-corrected chi connectivity index (χ1v) is 5.11. The molecule has 0 spiro atoms.